The molecule has 0 aromatic heterocycles. The maximum absolute atomic E-state index is 12.1. The molecule has 98 valence electrons. The number of morpholine rings is 1. The monoisotopic (exact) mass is 248 g/mol. The largest absolute Gasteiger partial charge is 0.399 e. The van der Waals surface area contributed by atoms with Crippen molar-refractivity contribution in [3.05, 3.63) is 29.8 Å². The summed E-state index contributed by atoms with van der Waals surface area (Å²) in [5, 5.41) is 0. The van der Waals surface area contributed by atoms with Gasteiger partial charge in [-0.15, -0.1) is 0 Å². The van der Waals surface area contributed by atoms with Gasteiger partial charge < -0.3 is 15.4 Å². The van der Waals surface area contributed by atoms with Gasteiger partial charge in [-0.05, 0) is 25.0 Å². The van der Waals surface area contributed by atoms with Crippen molar-refractivity contribution in [3.8, 4) is 0 Å². The number of nitrogens with zero attached hydrogens (tertiary/aromatic N) is 1. The third-order valence-corrected chi connectivity index (χ3v) is 3.26. The highest BCUT2D eigenvalue weighted by molar-refractivity contribution is 5.76. The van der Waals surface area contributed by atoms with Crippen molar-refractivity contribution in [2.24, 2.45) is 0 Å². The predicted molar refractivity (Wildman–Crippen MR) is 71.2 cm³/mol. The van der Waals surface area contributed by atoms with Crippen molar-refractivity contribution >= 4 is 11.6 Å². The van der Waals surface area contributed by atoms with E-state index in [1.54, 1.807) is 0 Å². The molecule has 0 saturated carbocycles. The number of carbonyl (C=O) groups is 1. The molecule has 2 rings (SSSR count). The number of hydrogen-bond donors (Lipinski definition) is 1. The first kappa shape index (κ1) is 12.9. The number of amides is 1. The lowest BCUT2D eigenvalue weighted by Gasteiger charge is -2.31. The second kappa shape index (κ2) is 5.87. The minimum atomic E-state index is 0.143. The number of nitrogen functional groups attached to an aromatic ring is 1. The summed E-state index contributed by atoms with van der Waals surface area (Å²) in [6.45, 7) is 4.03. The van der Waals surface area contributed by atoms with Gasteiger partial charge in [-0.25, -0.2) is 0 Å². The van der Waals surface area contributed by atoms with Gasteiger partial charge in [-0.1, -0.05) is 18.2 Å². The van der Waals surface area contributed by atoms with Crippen LogP contribution in [-0.2, 0) is 16.0 Å². The van der Waals surface area contributed by atoms with Crippen LogP contribution in [0.4, 0.5) is 5.69 Å². The molecule has 18 heavy (non-hydrogen) atoms. The van der Waals surface area contributed by atoms with Crippen LogP contribution in [0.1, 0.15) is 18.9 Å². The molecular formula is C14H20N2O2. The summed E-state index contributed by atoms with van der Waals surface area (Å²) in [6.07, 6.45) is 1.36. The Morgan fingerprint density at radius 3 is 3.00 bits per heavy atom. The minimum Gasteiger partial charge on any atom is -0.399 e. The lowest BCUT2D eigenvalue weighted by molar-refractivity contribution is -0.138. The molecule has 1 aromatic rings. The highest BCUT2D eigenvalue weighted by atomic mass is 16.5. The van der Waals surface area contributed by atoms with Crippen molar-refractivity contribution in [2.75, 3.05) is 25.4 Å². The number of anilines is 1. The molecule has 1 aliphatic heterocycles. The third-order valence-electron chi connectivity index (χ3n) is 3.26. The van der Waals surface area contributed by atoms with Gasteiger partial charge >= 0.3 is 0 Å². The van der Waals surface area contributed by atoms with E-state index in [1.165, 1.54) is 0 Å². The Hall–Kier alpha value is -1.55. The van der Waals surface area contributed by atoms with E-state index < -0.39 is 0 Å². The summed E-state index contributed by atoms with van der Waals surface area (Å²) in [6, 6.07) is 7.71. The van der Waals surface area contributed by atoms with E-state index in [4.69, 9.17) is 10.5 Å². The van der Waals surface area contributed by atoms with Crippen LogP contribution in [0, 0.1) is 0 Å². The van der Waals surface area contributed by atoms with E-state index in [9.17, 15) is 4.79 Å². The zero-order valence-corrected chi connectivity index (χ0v) is 10.8. The molecule has 1 unspecified atom stereocenters. The number of nitrogens with two attached hydrogens (primary N) is 1. The number of rotatable bonds is 3. The Morgan fingerprint density at radius 2 is 2.28 bits per heavy atom. The normalized spacial score (nSPS) is 19.8. The molecule has 1 atom stereocenters. The van der Waals surface area contributed by atoms with Crippen molar-refractivity contribution in [1.29, 1.82) is 0 Å². The van der Waals surface area contributed by atoms with E-state index in [2.05, 4.69) is 0 Å². The SMILES string of the molecule is CC1CN(C(=O)CCc2ccccc2N)CCO1. The zero-order chi connectivity index (χ0) is 13.0. The lowest BCUT2D eigenvalue weighted by Crippen LogP contribution is -2.44. The predicted octanol–water partition coefficient (Wildman–Crippen LogP) is 1.45. The molecule has 4 nitrogen and oxygen atoms in total. The van der Waals surface area contributed by atoms with Crippen molar-refractivity contribution in [3.63, 3.8) is 0 Å². The van der Waals surface area contributed by atoms with Gasteiger partial charge in [0.1, 0.15) is 0 Å². The smallest absolute Gasteiger partial charge is 0.223 e. The highest BCUT2D eigenvalue weighted by Gasteiger charge is 2.20. The van der Waals surface area contributed by atoms with Crippen LogP contribution < -0.4 is 5.73 Å². The summed E-state index contributed by atoms with van der Waals surface area (Å²) < 4.78 is 5.43. The molecule has 1 aromatic carbocycles. The highest BCUT2D eigenvalue weighted by Crippen LogP contribution is 2.14. The number of carbonyl (C=O) groups excluding carboxylic acids is 1. The number of benzene rings is 1. The fourth-order valence-electron chi connectivity index (χ4n) is 2.21. The lowest BCUT2D eigenvalue weighted by atomic mass is 10.1. The van der Waals surface area contributed by atoms with Gasteiger partial charge in [0.2, 0.25) is 5.91 Å². The topological polar surface area (TPSA) is 55.6 Å². The molecule has 2 N–H and O–H groups in total. The van der Waals surface area contributed by atoms with Crippen LogP contribution in [0.2, 0.25) is 0 Å². The van der Waals surface area contributed by atoms with Crippen LogP contribution in [0.5, 0.6) is 0 Å². The number of para-hydroxylation sites is 1. The molecule has 4 heteroatoms. The number of hydrogen-bond acceptors (Lipinski definition) is 3. The average Bonchev–Trinajstić information content (AvgIpc) is 2.37. The molecule has 0 radical (unpaired) electrons. The van der Waals surface area contributed by atoms with Crippen LogP contribution in [0.3, 0.4) is 0 Å². The molecule has 0 bridgehead atoms. The second-order valence-electron chi connectivity index (χ2n) is 4.72. The summed E-state index contributed by atoms with van der Waals surface area (Å²) in [4.78, 5) is 13.9. The van der Waals surface area contributed by atoms with Crippen molar-refractivity contribution in [1.82, 2.24) is 4.90 Å². The molecule has 1 saturated heterocycles. The van der Waals surface area contributed by atoms with Gasteiger partial charge in [0.25, 0.3) is 0 Å². The molecule has 1 amide bonds. The quantitative estimate of drug-likeness (QED) is 0.824. The summed E-state index contributed by atoms with van der Waals surface area (Å²) >= 11 is 0. The molecule has 1 aliphatic rings. The molecule has 1 heterocycles. The van der Waals surface area contributed by atoms with Gasteiger partial charge in [0.05, 0.1) is 12.7 Å². The maximum atomic E-state index is 12.1. The fraction of sp³-hybridized carbons (Fsp3) is 0.500. The first-order valence-corrected chi connectivity index (χ1v) is 6.39. The Labute approximate surface area is 108 Å². The summed E-state index contributed by atoms with van der Waals surface area (Å²) in [7, 11) is 0. The van der Waals surface area contributed by atoms with Crippen molar-refractivity contribution in [2.45, 2.75) is 25.9 Å². The van der Waals surface area contributed by atoms with E-state index >= 15 is 0 Å². The fourth-order valence-corrected chi connectivity index (χ4v) is 2.21. The van der Waals surface area contributed by atoms with Crippen LogP contribution in [0.25, 0.3) is 0 Å². The molecule has 0 aliphatic carbocycles. The molecule has 0 spiro atoms. The standard InChI is InChI=1S/C14H20N2O2/c1-11-10-16(8-9-18-11)14(17)7-6-12-4-2-3-5-13(12)15/h2-5,11H,6-10,15H2,1H3. The molecular weight excluding hydrogens is 228 g/mol. The minimum absolute atomic E-state index is 0.143. The second-order valence-corrected chi connectivity index (χ2v) is 4.72. The van der Waals surface area contributed by atoms with E-state index in [0.717, 1.165) is 11.3 Å². The van der Waals surface area contributed by atoms with E-state index in [0.29, 0.717) is 32.5 Å². The van der Waals surface area contributed by atoms with Crippen molar-refractivity contribution < 1.29 is 9.53 Å². The Morgan fingerprint density at radius 1 is 1.50 bits per heavy atom. The van der Waals surface area contributed by atoms with Crippen LogP contribution >= 0.6 is 0 Å². The molecule has 1 fully saturated rings. The maximum Gasteiger partial charge on any atom is 0.223 e. The first-order valence-electron chi connectivity index (χ1n) is 6.39. The Bertz CT molecular complexity index is 420. The zero-order valence-electron chi connectivity index (χ0n) is 10.8. The number of ether oxygens (including phenoxy) is 1. The van der Waals surface area contributed by atoms with Gasteiger partial charge in [-0.3, -0.25) is 4.79 Å². The van der Waals surface area contributed by atoms with Crippen LogP contribution in [0.15, 0.2) is 24.3 Å². The average molecular weight is 248 g/mol. The van der Waals surface area contributed by atoms with E-state index in [1.807, 2.05) is 36.1 Å². The van der Waals surface area contributed by atoms with Gasteiger partial charge in [-0.2, -0.15) is 0 Å². The first-order chi connectivity index (χ1) is 8.66. The summed E-state index contributed by atoms with van der Waals surface area (Å²) in [5.74, 6) is 0.188. The Balaban J connectivity index is 1.86. The Kier molecular flexibility index (Phi) is 4.20. The van der Waals surface area contributed by atoms with Crippen LogP contribution in [-0.4, -0.2) is 36.6 Å². The van der Waals surface area contributed by atoms with Gasteiger partial charge in [0.15, 0.2) is 0 Å². The third kappa shape index (κ3) is 3.23. The summed E-state index contributed by atoms with van der Waals surface area (Å²) in [5.41, 5.74) is 7.68. The van der Waals surface area contributed by atoms with E-state index in [-0.39, 0.29) is 12.0 Å². The number of aryl methyl sites for hydroxylation is 1. The van der Waals surface area contributed by atoms with Gasteiger partial charge in [0, 0.05) is 25.2 Å².